The van der Waals surface area contributed by atoms with Crippen LogP contribution in [0.25, 0.3) is 0 Å². The van der Waals surface area contributed by atoms with Gasteiger partial charge in [-0.3, -0.25) is 0 Å². The van der Waals surface area contributed by atoms with Crippen LogP contribution in [-0.4, -0.2) is 20.2 Å². The minimum absolute atomic E-state index is 0.0650. The summed E-state index contributed by atoms with van der Waals surface area (Å²) in [5, 5.41) is 4.59. The molecule has 0 aliphatic rings. The van der Waals surface area contributed by atoms with Crippen LogP contribution < -0.4 is 15.4 Å². The highest BCUT2D eigenvalue weighted by Gasteiger charge is 2.17. The molecule has 88 valence electrons. The minimum Gasteiger partial charge on any atom is -0.491 e. The van der Waals surface area contributed by atoms with E-state index in [2.05, 4.69) is 15.4 Å². The number of carbonyl (C=O) groups excluding carboxylic acids is 1. The fourth-order valence-electron chi connectivity index (χ4n) is 1.20. The maximum atomic E-state index is 13.5. The first-order chi connectivity index (χ1) is 7.51. The largest absolute Gasteiger partial charge is 0.491 e. The van der Waals surface area contributed by atoms with E-state index in [-0.39, 0.29) is 11.3 Å². The molecular formula is C10H12F2N2O2. The van der Waals surface area contributed by atoms with E-state index in [4.69, 9.17) is 0 Å². The van der Waals surface area contributed by atoms with Gasteiger partial charge in [-0.2, -0.15) is 0 Å². The van der Waals surface area contributed by atoms with Gasteiger partial charge in [-0.25, -0.2) is 13.6 Å². The van der Waals surface area contributed by atoms with E-state index >= 15 is 0 Å². The molecule has 0 radical (unpaired) electrons. The summed E-state index contributed by atoms with van der Waals surface area (Å²) in [5.74, 6) is -2.15. The first-order valence-corrected chi connectivity index (χ1v) is 4.52. The van der Waals surface area contributed by atoms with Gasteiger partial charge in [0.1, 0.15) is 0 Å². The number of halogens is 2. The molecule has 0 saturated carbocycles. The Balaban J connectivity index is 3.18. The summed E-state index contributed by atoms with van der Waals surface area (Å²) in [5.41, 5.74) is 0.178. The van der Waals surface area contributed by atoms with Gasteiger partial charge in [0.05, 0.1) is 12.8 Å². The third-order valence-corrected chi connectivity index (χ3v) is 2.10. The molecule has 0 atom stereocenters. The van der Waals surface area contributed by atoms with E-state index in [9.17, 15) is 13.6 Å². The molecular weight excluding hydrogens is 218 g/mol. The Labute approximate surface area is 91.6 Å². The van der Waals surface area contributed by atoms with Crippen molar-refractivity contribution in [2.24, 2.45) is 0 Å². The van der Waals surface area contributed by atoms with E-state index in [0.717, 1.165) is 6.07 Å². The van der Waals surface area contributed by atoms with Gasteiger partial charge in [-0.15, -0.1) is 0 Å². The van der Waals surface area contributed by atoms with Crippen LogP contribution in [-0.2, 0) is 0 Å². The van der Waals surface area contributed by atoms with Crippen molar-refractivity contribution in [1.82, 2.24) is 5.32 Å². The lowest BCUT2D eigenvalue weighted by atomic mass is 10.1. The van der Waals surface area contributed by atoms with Gasteiger partial charge in [0.2, 0.25) is 0 Å². The molecule has 2 amide bonds. The van der Waals surface area contributed by atoms with Crippen molar-refractivity contribution in [3.05, 3.63) is 23.3 Å². The first-order valence-electron chi connectivity index (χ1n) is 4.52. The van der Waals surface area contributed by atoms with E-state index in [1.54, 1.807) is 0 Å². The van der Waals surface area contributed by atoms with E-state index < -0.39 is 23.4 Å². The summed E-state index contributed by atoms with van der Waals surface area (Å²) in [6.45, 7) is 1.42. The van der Waals surface area contributed by atoms with Gasteiger partial charge in [0.15, 0.2) is 17.4 Å². The topological polar surface area (TPSA) is 50.4 Å². The Kier molecular flexibility index (Phi) is 3.65. The van der Waals surface area contributed by atoms with Crippen molar-refractivity contribution in [2.75, 3.05) is 19.5 Å². The molecule has 4 nitrogen and oxygen atoms in total. The number of methoxy groups -OCH3 is 1. The molecule has 0 aliphatic heterocycles. The number of hydrogen-bond acceptors (Lipinski definition) is 2. The molecule has 0 spiro atoms. The standard InChI is InChI=1S/C10H12F2N2O2/c1-5-7(14-10(15)13-2)4-6(11)9(16-3)8(5)12/h4H,1-3H3,(H2,13,14,15). The smallest absolute Gasteiger partial charge is 0.318 e. The van der Waals surface area contributed by atoms with Crippen molar-refractivity contribution < 1.29 is 18.3 Å². The molecule has 0 bridgehead atoms. The maximum Gasteiger partial charge on any atom is 0.318 e. The average molecular weight is 230 g/mol. The Hall–Kier alpha value is -1.85. The Morgan fingerprint density at radius 1 is 1.44 bits per heavy atom. The Bertz CT molecular complexity index is 422. The van der Waals surface area contributed by atoms with Crippen LogP contribution in [0.5, 0.6) is 5.75 Å². The van der Waals surface area contributed by atoms with Crippen molar-refractivity contribution >= 4 is 11.7 Å². The summed E-state index contributed by atoms with van der Waals surface area (Å²) in [7, 11) is 2.58. The number of carbonyl (C=O) groups is 1. The maximum absolute atomic E-state index is 13.5. The zero-order valence-corrected chi connectivity index (χ0v) is 9.15. The average Bonchev–Trinajstić information content (AvgIpc) is 2.26. The van der Waals surface area contributed by atoms with E-state index in [1.807, 2.05) is 0 Å². The molecule has 1 rings (SSSR count). The number of ether oxygens (including phenoxy) is 1. The normalized spacial score (nSPS) is 9.81. The van der Waals surface area contributed by atoms with Crippen LogP contribution in [0.1, 0.15) is 5.56 Å². The summed E-state index contributed by atoms with van der Waals surface area (Å²) in [4.78, 5) is 11.0. The number of urea groups is 1. The second-order valence-electron chi connectivity index (χ2n) is 3.08. The number of benzene rings is 1. The molecule has 0 aromatic heterocycles. The highest BCUT2D eigenvalue weighted by atomic mass is 19.1. The first kappa shape index (κ1) is 12.2. The summed E-state index contributed by atoms with van der Waals surface area (Å²) in [6.07, 6.45) is 0. The van der Waals surface area contributed by atoms with E-state index in [0.29, 0.717) is 0 Å². The molecule has 0 fully saturated rings. The van der Waals surface area contributed by atoms with Gasteiger partial charge in [0, 0.05) is 18.7 Å². The van der Waals surface area contributed by atoms with Crippen LogP contribution in [0, 0.1) is 18.6 Å². The predicted molar refractivity (Wildman–Crippen MR) is 55.7 cm³/mol. The second-order valence-corrected chi connectivity index (χ2v) is 3.08. The van der Waals surface area contributed by atoms with Crippen LogP contribution in [0.3, 0.4) is 0 Å². The number of hydrogen-bond donors (Lipinski definition) is 2. The molecule has 0 saturated heterocycles. The number of rotatable bonds is 2. The predicted octanol–water partition coefficient (Wildman–Crippen LogP) is 2.03. The fourth-order valence-corrected chi connectivity index (χ4v) is 1.20. The highest BCUT2D eigenvalue weighted by Crippen LogP contribution is 2.29. The van der Waals surface area contributed by atoms with Crippen LogP contribution in [0.15, 0.2) is 6.07 Å². The zero-order chi connectivity index (χ0) is 12.3. The minimum atomic E-state index is -0.864. The number of anilines is 1. The van der Waals surface area contributed by atoms with Crippen LogP contribution >= 0.6 is 0 Å². The molecule has 0 heterocycles. The fraction of sp³-hybridized carbons (Fsp3) is 0.300. The lowest BCUT2D eigenvalue weighted by Gasteiger charge is -2.12. The third-order valence-electron chi connectivity index (χ3n) is 2.10. The highest BCUT2D eigenvalue weighted by molar-refractivity contribution is 5.90. The zero-order valence-electron chi connectivity index (χ0n) is 9.15. The Morgan fingerprint density at radius 3 is 2.56 bits per heavy atom. The number of amides is 2. The SMILES string of the molecule is CNC(=O)Nc1cc(F)c(OC)c(F)c1C. The molecule has 1 aromatic rings. The molecule has 1 aromatic carbocycles. The van der Waals surface area contributed by atoms with Gasteiger partial charge < -0.3 is 15.4 Å². The Morgan fingerprint density at radius 2 is 2.06 bits per heavy atom. The van der Waals surface area contributed by atoms with Crippen molar-refractivity contribution in [1.29, 1.82) is 0 Å². The molecule has 16 heavy (non-hydrogen) atoms. The lowest BCUT2D eigenvalue weighted by Crippen LogP contribution is -2.25. The summed E-state index contributed by atoms with van der Waals surface area (Å²) >= 11 is 0. The van der Waals surface area contributed by atoms with Crippen LogP contribution in [0.4, 0.5) is 19.3 Å². The quantitative estimate of drug-likeness (QED) is 0.816. The molecule has 0 aliphatic carbocycles. The second kappa shape index (κ2) is 4.78. The summed E-state index contributed by atoms with van der Waals surface area (Å²) < 4.78 is 31.4. The van der Waals surface area contributed by atoms with Gasteiger partial charge in [0.25, 0.3) is 0 Å². The molecule has 0 unspecified atom stereocenters. The lowest BCUT2D eigenvalue weighted by molar-refractivity contribution is 0.254. The van der Waals surface area contributed by atoms with Crippen LogP contribution in [0.2, 0.25) is 0 Å². The molecule has 6 heteroatoms. The van der Waals surface area contributed by atoms with Gasteiger partial charge in [-0.1, -0.05) is 0 Å². The van der Waals surface area contributed by atoms with Gasteiger partial charge >= 0.3 is 6.03 Å². The molecule has 2 N–H and O–H groups in total. The number of nitrogens with one attached hydrogen (secondary N) is 2. The monoisotopic (exact) mass is 230 g/mol. The van der Waals surface area contributed by atoms with Crippen molar-refractivity contribution in [2.45, 2.75) is 6.92 Å². The van der Waals surface area contributed by atoms with Gasteiger partial charge in [-0.05, 0) is 6.92 Å². The summed E-state index contributed by atoms with van der Waals surface area (Å²) in [6, 6.07) is 0.457. The third kappa shape index (κ3) is 2.21. The van der Waals surface area contributed by atoms with Crippen molar-refractivity contribution in [3.8, 4) is 5.75 Å². The van der Waals surface area contributed by atoms with Crippen molar-refractivity contribution in [3.63, 3.8) is 0 Å². The van der Waals surface area contributed by atoms with E-state index in [1.165, 1.54) is 21.1 Å².